The van der Waals surface area contributed by atoms with Crippen molar-refractivity contribution in [1.82, 2.24) is 5.16 Å². The van der Waals surface area contributed by atoms with Gasteiger partial charge in [-0.2, -0.15) is 5.26 Å². The number of hydrogen-bond acceptors (Lipinski definition) is 5. The van der Waals surface area contributed by atoms with Crippen molar-refractivity contribution in [1.29, 1.82) is 5.26 Å². The third kappa shape index (κ3) is 2.84. The summed E-state index contributed by atoms with van der Waals surface area (Å²) in [7, 11) is 0. The summed E-state index contributed by atoms with van der Waals surface area (Å²) in [5, 5.41) is 23.4. The first kappa shape index (κ1) is 13.8. The van der Waals surface area contributed by atoms with E-state index in [1.165, 1.54) is 0 Å². The molecule has 7 nitrogen and oxygen atoms in total. The fraction of sp³-hybridized carbons (Fsp3) is 0. The maximum absolute atomic E-state index is 11.9. The van der Waals surface area contributed by atoms with Gasteiger partial charge in [0.15, 0.2) is 5.69 Å². The van der Waals surface area contributed by atoms with Gasteiger partial charge in [-0.3, -0.25) is 4.79 Å². The van der Waals surface area contributed by atoms with Crippen LogP contribution in [0.25, 0.3) is 0 Å². The van der Waals surface area contributed by atoms with E-state index in [1.54, 1.807) is 18.2 Å². The number of carboxylic acids is 1. The van der Waals surface area contributed by atoms with E-state index in [0.717, 1.165) is 6.07 Å². The van der Waals surface area contributed by atoms with E-state index in [0.29, 0.717) is 10.2 Å². The Morgan fingerprint density at radius 2 is 2.15 bits per heavy atom. The predicted octanol–water partition coefficient (Wildman–Crippen LogP) is 2.26. The molecule has 2 aromatic rings. The van der Waals surface area contributed by atoms with Gasteiger partial charge in [-0.05, 0) is 18.2 Å². The molecule has 1 aromatic heterocycles. The van der Waals surface area contributed by atoms with Crippen molar-refractivity contribution >= 4 is 33.5 Å². The van der Waals surface area contributed by atoms with Crippen molar-refractivity contribution in [2.75, 3.05) is 5.32 Å². The molecule has 0 fully saturated rings. The van der Waals surface area contributed by atoms with Crippen LogP contribution >= 0.6 is 15.9 Å². The average Bonchev–Trinajstić information content (AvgIpc) is 2.90. The number of aromatic nitrogens is 1. The Morgan fingerprint density at radius 1 is 1.40 bits per heavy atom. The second-order valence-electron chi connectivity index (χ2n) is 3.64. The maximum atomic E-state index is 11.9. The van der Waals surface area contributed by atoms with Crippen LogP contribution in [-0.4, -0.2) is 22.1 Å². The van der Waals surface area contributed by atoms with E-state index in [-0.39, 0.29) is 11.3 Å². The third-order valence-corrected chi connectivity index (χ3v) is 2.80. The van der Waals surface area contributed by atoms with Crippen LogP contribution in [0.5, 0.6) is 0 Å². The number of nitrogens with one attached hydrogen (secondary N) is 1. The van der Waals surface area contributed by atoms with E-state index >= 15 is 0 Å². The van der Waals surface area contributed by atoms with Gasteiger partial charge in [0.2, 0.25) is 5.76 Å². The summed E-state index contributed by atoms with van der Waals surface area (Å²) in [6.45, 7) is 0. The van der Waals surface area contributed by atoms with Crippen LogP contribution in [0.4, 0.5) is 5.69 Å². The zero-order chi connectivity index (χ0) is 14.7. The van der Waals surface area contributed by atoms with Gasteiger partial charge in [0.05, 0.1) is 11.3 Å². The number of halogens is 1. The van der Waals surface area contributed by atoms with Gasteiger partial charge in [-0.1, -0.05) is 21.1 Å². The molecule has 0 bridgehead atoms. The van der Waals surface area contributed by atoms with E-state index in [9.17, 15) is 9.59 Å². The topological polar surface area (TPSA) is 116 Å². The van der Waals surface area contributed by atoms with E-state index in [4.69, 9.17) is 10.4 Å². The number of carbonyl (C=O) groups is 2. The standard InChI is InChI=1S/C12H6BrN3O4/c13-7-1-2-8(6(3-7)5-14)15-11(17)9-4-10(12(18)19)20-16-9/h1-4H,(H,15,17)(H,18,19). The molecule has 0 unspecified atom stereocenters. The third-order valence-electron chi connectivity index (χ3n) is 2.30. The number of carboxylic acid groups (broad SMARTS) is 1. The Hall–Kier alpha value is -2.66. The molecule has 0 aliphatic rings. The van der Waals surface area contributed by atoms with Crippen LogP contribution in [0.15, 0.2) is 33.3 Å². The number of nitriles is 1. The van der Waals surface area contributed by atoms with Gasteiger partial charge >= 0.3 is 5.97 Å². The van der Waals surface area contributed by atoms with Crippen LogP contribution in [0.3, 0.4) is 0 Å². The highest BCUT2D eigenvalue weighted by atomic mass is 79.9. The van der Waals surface area contributed by atoms with Crippen LogP contribution in [0.2, 0.25) is 0 Å². The number of anilines is 1. The van der Waals surface area contributed by atoms with E-state index < -0.39 is 17.6 Å². The fourth-order valence-electron chi connectivity index (χ4n) is 1.39. The summed E-state index contributed by atoms with van der Waals surface area (Å²) in [6, 6.07) is 7.67. The molecule has 0 spiro atoms. The van der Waals surface area contributed by atoms with Crippen molar-refractivity contribution < 1.29 is 19.2 Å². The number of amides is 1. The molecule has 8 heteroatoms. The lowest BCUT2D eigenvalue weighted by atomic mass is 10.2. The van der Waals surface area contributed by atoms with Crippen LogP contribution in [0, 0.1) is 11.3 Å². The summed E-state index contributed by atoms with van der Waals surface area (Å²) in [5.41, 5.74) is 0.365. The monoisotopic (exact) mass is 335 g/mol. The summed E-state index contributed by atoms with van der Waals surface area (Å²) < 4.78 is 5.17. The second kappa shape index (κ2) is 5.54. The summed E-state index contributed by atoms with van der Waals surface area (Å²) in [6.07, 6.45) is 0. The molecule has 1 amide bonds. The van der Waals surface area contributed by atoms with Gasteiger partial charge in [0.25, 0.3) is 5.91 Å². The number of hydrogen-bond donors (Lipinski definition) is 2. The normalized spacial score (nSPS) is 9.80. The minimum absolute atomic E-state index is 0.186. The molecule has 100 valence electrons. The van der Waals surface area contributed by atoms with Crippen LogP contribution in [0.1, 0.15) is 26.6 Å². The lowest BCUT2D eigenvalue weighted by molar-refractivity contribution is 0.0651. The molecular formula is C12H6BrN3O4. The van der Waals surface area contributed by atoms with Gasteiger partial charge in [0.1, 0.15) is 6.07 Å². The minimum atomic E-state index is -1.32. The highest BCUT2D eigenvalue weighted by molar-refractivity contribution is 9.10. The Kier molecular flexibility index (Phi) is 3.81. The smallest absolute Gasteiger partial charge is 0.374 e. The lowest BCUT2D eigenvalue weighted by Crippen LogP contribution is -2.13. The van der Waals surface area contributed by atoms with E-state index in [2.05, 4.69) is 30.9 Å². The zero-order valence-corrected chi connectivity index (χ0v) is 11.3. The molecule has 0 radical (unpaired) electrons. The molecule has 0 saturated carbocycles. The Labute approximate surface area is 120 Å². The molecule has 2 rings (SSSR count). The molecule has 0 aliphatic carbocycles. The van der Waals surface area contributed by atoms with E-state index in [1.807, 2.05) is 6.07 Å². The van der Waals surface area contributed by atoms with Crippen molar-refractivity contribution in [3.63, 3.8) is 0 Å². The first-order valence-corrected chi connectivity index (χ1v) is 6.01. The fourth-order valence-corrected chi connectivity index (χ4v) is 1.75. The van der Waals surface area contributed by atoms with Crippen molar-refractivity contribution in [2.24, 2.45) is 0 Å². The summed E-state index contributed by atoms with van der Waals surface area (Å²) in [4.78, 5) is 22.5. The van der Waals surface area contributed by atoms with Gasteiger partial charge in [0, 0.05) is 10.5 Å². The lowest BCUT2D eigenvalue weighted by Gasteiger charge is -2.05. The molecule has 20 heavy (non-hydrogen) atoms. The SMILES string of the molecule is N#Cc1cc(Br)ccc1NC(=O)c1cc(C(=O)O)on1. The first-order chi connectivity index (χ1) is 9.51. The number of benzene rings is 1. The average molecular weight is 336 g/mol. The van der Waals surface area contributed by atoms with Crippen molar-refractivity contribution in [3.05, 3.63) is 45.8 Å². The van der Waals surface area contributed by atoms with Crippen molar-refractivity contribution in [3.8, 4) is 6.07 Å². The highest BCUT2D eigenvalue weighted by Gasteiger charge is 2.17. The number of rotatable bonds is 3. The minimum Gasteiger partial charge on any atom is -0.475 e. The number of carbonyl (C=O) groups excluding carboxylic acids is 1. The molecule has 1 aromatic carbocycles. The molecule has 2 N–H and O–H groups in total. The van der Waals surface area contributed by atoms with Crippen molar-refractivity contribution in [2.45, 2.75) is 0 Å². The highest BCUT2D eigenvalue weighted by Crippen LogP contribution is 2.20. The molecule has 1 heterocycles. The second-order valence-corrected chi connectivity index (χ2v) is 4.55. The first-order valence-electron chi connectivity index (χ1n) is 5.22. The largest absolute Gasteiger partial charge is 0.475 e. The van der Waals surface area contributed by atoms with Crippen LogP contribution < -0.4 is 5.32 Å². The predicted molar refractivity (Wildman–Crippen MR) is 70.3 cm³/mol. The Bertz CT molecular complexity index is 733. The quantitative estimate of drug-likeness (QED) is 0.888. The summed E-state index contributed by atoms with van der Waals surface area (Å²) in [5.74, 6) is -2.43. The zero-order valence-electron chi connectivity index (χ0n) is 9.75. The molecule has 0 atom stereocenters. The number of nitrogens with zero attached hydrogens (tertiary/aromatic N) is 2. The molecule has 0 saturated heterocycles. The Balaban J connectivity index is 2.23. The van der Waals surface area contributed by atoms with Gasteiger partial charge < -0.3 is 14.9 Å². The molecular weight excluding hydrogens is 330 g/mol. The van der Waals surface area contributed by atoms with Crippen LogP contribution in [-0.2, 0) is 0 Å². The molecule has 0 aliphatic heterocycles. The summed E-state index contributed by atoms with van der Waals surface area (Å²) >= 11 is 3.21. The maximum Gasteiger partial charge on any atom is 0.374 e. The Morgan fingerprint density at radius 3 is 2.75 bits per heavy atom. The van der Waals surface area contributed by atoms with Gasteiger partial charge in [-0.25, -0.2) is 4.79 Å². The van der Waals surface area contributed by atoms with Gasteiger partial charge in [-0.15, -0.1) is 0 Å². The number of aromatic carboxylic acids is 1.